The van der Waals surface area contributed by atoms with Crippen molar-refractivity contribution in [2.75, 3.05) is 0 Å². The van der Waals surface area contributed by atoms with Gasteiger partial charge in [-0.25, -0.2) is 4.99 Å². The minimum absolute atomic E-state index is 0.0429. The van der Waals surface area contributed by atoms with Crippen molar-refractivity contribution in [2.45, 2.75) is 33.6 Å². The number of carbonyl (C=O) groups excluding carboxylic acids is 2. The molecule has 1 unspecified atom stereocenters. The van der Waals surface area contributed by atoms with Crippen LogP contribution in [-0.4, -0.2) is 17.5 Å². The van der Waals surface area contributed by atoms with E-state index >= 15 is 0 Å². The summed E-state index contributed by atoms with van der Waals surface area (Å²) in [5.74, 6) is 0.0370. The average molecular weight is 284 g/mol. The van der Waals surface area contributed by atoms with Gasteiger partial charge in [0.2, 0.25) is 11.8 Å². The molecule has 110 valence electrons. The fraction of sp³-hybridized carbons (Fsp3) is 0.471. The molecule has 0 saturated heterocycles. The van der Waals surface area contributed by atoms with E-state index in [0.29, 0.717) is 5.71 Å². The van der Waals surface area contributed by atoms with Crippen LogP contribution >= 0.6 is 0 Å². The van der Waals surface area contributed by atoms with Gasteiger partial charge in [-0.1, -0.05) is 26.8 Å². The molecule has 1 fully saturated rings. The van der Waals surface area contributed by atoms with E-state index in [0.717, 1.165) is 24.1 Å². The number of carbonyl (C=O) groups is 2. The molecule has 1 aliphatic heterocycles. The topological polar surface area (TPSA) is 58.5 Å². The number of rotatable bonds is 1. The van der Waals surface area contributed by atoms with Crippen molar-refractivity contribution in [3.05, 3.63) is 35.6 Å². The predicted octanol–water partition coefficient (Wildman–Crippen LogP) is 2.54. The maximum absolute atomic E-state index is 11.9. The van der Waals surface area contributed by atoms with Crippen molar-refractivity contribution in [3.63, 3.8) is 0 Å². The number of amides is 2. The van der Waals surface area contributed by atoms with Gasteiger partial charge in [-0.2, -0.15) is 0 Å². The Hall–Kier alpha value is -1.97. The third-order valence-electron chi connectivity index (χ3n) is 4.02. The number of hydrogen-bond acceptors (Lipinski definition) is 2. The van der Waals surface area contributed by atoms with E-state index in [1.807, 2.05) is 18.2 Å². The van der Waals surface area contributed by atoms with Crippen LogP contribution in [0.25, 0.3) is 0 Å². The molecule has 0 bridgehead atoms. The third kappa shape index (κ3) is 2.89. The second-order valence-corrected chi connectivity index (χ2v) is 6.92. The predicted molar refractivity (Wildman–Crippen MR) is 81.6 cm³/mol. The molecule has 4 nitrogen and oxygen atoms in total. The first-order valence-electron chi connectivity index (χ1n) is 7.40. The highest BCUT2D eigenvalue weighted by atomic mass is 16.2. The van der Waals surface area contributed by atoms with E-state index < -0.39 is 0 Å². The molecule has 1 heterocycles. The van der Waals surface area contributed by atoms with Gasteiger partial charge >= 0.3 is 0 Å². The molecule has 0 spiro atoms. The minimum atomic E-state index is -0.106. The number of nitrogens with one attached hydrogen (secondary N) is 1. The molecule has 2 aliphatic carbocycles. The molecule has 4 heteroatoms. The van der Waals surface area contributed by atoms with Crippen molar-refractivity contribution in [2.24, 2.45) is 22.2 Å². The Kier molecular flexibility index (Phi) is 3.19. The highest BCUT2D eigenvalue weighted by Crippen LogP contribution is 2.38. The molecular formula is C17H20N2O2. The molecule has 0 aromatic heterocycles. The van der Waals surface area contributed by atoms with Crippen LogP contribution in [0.5, 0.6) is 0 Å². The van der Waals surface area contributed by atoms with Crippen molar-refractivity contribution in [1.29, 1.82) is 0 Å². The summed E-state index contributed by atoms with van der Waals surface area (Å²) in [6, 6.07) is 0. The lowest BCUT2D eigenvalue weighted by molar-refractivity contribution is -0.119. The summed E-state index contributed by atoms with van der Waals surface area (Å²) in [7, 11) is 0. The highest BCUT2D eigenvalue weighted by molar-refractivity contribution is 6.11. The normalized spacial score (nSPS) is 26.9. The van der Waals surface area contributed by atoms with Crippen molar-refractivity contribution < 1.29 is 9.59 Å². The largest absolute Gasteiger partial charge is 0.325 e. The van der Waals surface area contributed by atoms with Gasteiger partial charge < -0.3 is 5.32 Å². The zero-order chi connectivity index (χ0) is 15.2. The van der Waals surface area contributed by atoms with Crippen molar-refractivity contribution in [1.82, 2.24) is 5.32 Å². The molecule has 1 saturated carbocycles. The summed E-state index contributed by atoms with van der Waals surface area (Å²) in [5, 5.41) is 2.87. The average Bonchev–Trinajstić information content (AvgIpc) is 3.20. The van der Waals surface area contributed by atoms with Gasteiger partial charge in [0.05, 0.1) is 5.71 Å². The summed E-state index contributed by atoms with van der Waals surface area (Å²) in [6.45, 7) is 6.30. The highest BCUT2D eigenvalue weighted by Gasteiger charge is 2.33. The van der Waals surface area contributed by atoms with Crippen LogP contribution in [0.1, 0.15) is 33.6 Å². The molecule has 0 radical (unpaired) electrons. The van der Waals surface area contributed by atoms with E-state index in [-0.39, 0.29) is 29.1 Å². The van der Waals surface area contributed by atoms with Crippen molar-refractivity contribution in [3.8, 4) is 0 Å². The molecule has 21 heavy (non-hydrogen) atoms. The number of aliphatic imine (C=N–C) groups is 1. The molecule has 3 rings (SSSR count). The van der Waals surface area contributed by atoms with Crippen molar-refractivity contribution >= 4 is 17.5 Å². The maximum atomic E-state index is 11.9. The van der Waals surface area contributed by atoms with Gasteiger partial charge in [-0.3, -0.25) is 9.59 Å². The Labute approximate surface area is 124 Å². The molecule has 0 aromatic rings. The SMILES string of the molecule is CC(C)(C)C1=CC(=O)NC2=CC(=NC(=O)C3CC3)C=CC21. The fourth-order valence-electron chi connectivity index (χ4n) is 2.69. The van der Waals surface area contributed by atoms with Crippen LogP contribution in [0.3, 0.4) is 0 Å². The molecule has 1 atom stereocenters. The summed E-state index contributed by atoms with van der Waals surface area (Å²) >= 11 is 0. The summed E-state index contributed by atoms with van der Waals surface area (Å²) in [4.78, 5) is 27.8. The first-order chi connectivity index (χ1) is 9.84. The van der Waals surface area contributed by atoms with Crippen LogP contribution in [0.4, 0.5) is 0 Å². The van der Waals surface area contributed by atoms with Crippen LogP contribution in [0.15, 0.2) is 40.6 Å². The fourth-order valence-corrected chi connectivity index (χ4v) is 2.69. The second kappa shape index (κ2) is 4.79. The van der Waals surface area contributed by atoms with Crippen LogP contribution in [0, 0.1) is 17.3 Å². The summed E-state index contributed by atoms with van der Waals surface area (Å²) in [6.07, 6.45) is 9.31. The Bertz CT molecular complexity index is 626. The van der Waals surface area contributed by atoms with Crippen LogP contribution in [0.2, 0.25) is 0 Å². The van der Waals surface area contributed by atoms with Gasteiger partial charge in [0.1, 0.15) is 0 Å². The van der Waals surface area contributed by atoms with Gasteiger partial charge in [0.25, 0.3) is 0 Å². The molecule has 2 amide bonds. The van der Waals surface area contributed by atoms with E-state index in [2.05, 4.69) is 31.1 Å². The van der Waals surface area contributed by atoms with Crippen LogP contribution in [-0.2, 0) is 9.59 Å². The number of nitrogens with zero attached hydrogens (tertiary/aromatic N) is 1. The Morgan fingerprint density at radius 3 is 2.62 bits per heavy atom. The number of allylic oxidation sites excluding steroid dienone is 3. The third-order valence-corrected chi connectivity index (χ3v) is 4.02. The lowest BCUT2D eigenvalue weighted by Crippen LogP contribution is -2.36. The van der Waals surface area contributed by atoms with Gasteiger partial charge in [0, 0.05) is 23.6 Å². The molecule has 3 aliphatic rings. The lowest BCUT2D eigenvalue weighted by atomic mass is 9.74. The molecule has 1 N–H and O–H groups in total. The Morgan fingerprint density at radius 1 is 1.29 bits per heavy atom. The van der Waals surface area contributed by atoms with Crippen LogP contribution < -0.4 is 5.32 Å². The van der Waals surface area contributed by atoms with E-state index in [1.165, 1.54) is 0 Å². The lowest BCUT2D eigenvalue weighted by Gasteiger charge is -2.34. The maximum Gasteiger partial charge on any atom is 0.249 e. The smallest absolute Gasteiger partial charge is 0.249 e. The van der Waals surface area contributed by atoms with E-state index in [9.17, 15) is 9.59 Å². The standard InChI is InChI=1S/C17H20N2O2/c1-17(2,3)13-9-15(20)19-14-8-11(6-7-12(13)14)18-16(21)10-4-5-10/h6-10,12H,4-5H2,1-3H3,(H,19,20). The second-order valence-electron chi connectivity index (χ2n) is 6.92. The quantitative estimate of drug-likeness (QED) is 0.804. The molecule has 0 aromatic carbocycles. The first kappa shape index (κ1) is 14.0. The molecular weight excluding hydrogens is 264 g/mol. The monoisotopic (exact) mass is 284 g/mol. The minimum Gasteiger partial charge on any atom is -0.325 e. The Morgan fingerprint density at radius 2 is 2.00 bits per heavy atom. The summed E-state index contributed by atoms with van der Waals surface area (Å²) < 4.78 is 0. The van der Waals surface area contributed by atoms with E-state index in [4.69, 9.17) is 0 Å². The van der Waals surface area contributed by atoms with Gasteiger partial charge in [-0.15, -0.1) is 0 Å². The van der Waals surface area contributed by atoms with E-state index in [1.54, 1.807) is 6.08 Å². The zero-order valence-corrected chi connectivity index (χ0v) is 12.6. The number of hydrogen-bond donors (Lipinski definition) is 1. The number of fused-ring (bicyclic) bond motifs is 1. The van der Waals surface area contributed by atoms with Gasteiger partial charge in [-0.05, 0) is 36.0 Å². The first-order valence-corrected chi connectivity index (χ1v) is 7.40. The van der Waals surface area contributed by atoms with Gasteiger partial charge in [0.15, 0.2) is 0 Å². The zero-order valence-electron chi connectivity index (χ0n) is 12.6. The Balaban J connectivity index is 1.90. The summed E-state index contributed by atoms with van der Waals surface area (Å²) in [5.41, 5.74) is 2.46.